The highest BCUT2D eigenvalue weighted by molar-refractivity contribution is 7.86. The highest BCUT2D eigenvalue weighted by atomic mass is 35.5. The summed E-state index contributed by atoms with van der Waals surface area (Å²) in [5.74, 6) is 0.402. The molecule has 9 nitrogen and oxygen atoms in total. The van der Waals surface area contributed by atoms with Crippen LogP contribution in [0.2, 0.25) is 5.02 Å². The van der Waals surface area contributed by atoms with Gasteiger partial charge < -0.3 is 10.1 Å². The Morgan fingerprint density at radius 1 is 1.10 bits per heavy atom. The molecule has 3 aliphatic heterocycles. The van der Waals surface area contributed by atoms with E-state index in [1.807, 2.05) is 0 Å². The maximum Gasteiger partial charge on any atom is 0.287 e. The van der Waals surface area contributed by atoms with E-state index in [4.69, 9.17) is 16.3 Å². The van der Waals surface area contributed by atoms with Gasteiger partial charge in [-0.25, -0.2) is 4.68 Å². The van der Waals surface area contributed by atoms with Crippen molar-refractivity contribution in [2.75, 3.05) is 51.3 Å². The predicted molar refractivity (Wildman–Crippen MR) is 115 cm³/mol. The van der Waals surface area contributed by atoms with Crippen molar-refractivity contribution in [3.05, 3.63) is 21.6 Å². The van der Waals surface area contributed by atoms with E-state index in [0.717, 1.165) is 32.3 Å². The van der Waals surface area contributed by atoms with Crippen LogP contribution in [0.25, 0.3) is 0 Å². The molecule has 0 aliphatic carbocycles. The van der Waals surface area contributed by atoms with E-state index in [9.17, 15) is 13.2 Å². The number of hydrogen-bond donors (Lipinski definition) is 1. The summed E-state index contributed by atoms with van der Waals surface area (Å²) >= 11 is 6.34. The van der Waals surface area contributed by atoms with Crippen LogP contribution >= 0.6 is 11.6 Å². The minimum absolute atomic E-state index is 0.133. The molecule has 0 radical (unpaired) electrons. The first-order valence-electron chi connectivity index (χ1n) is 10.8. The highest BCUT2D eigenvalue weighted by Gasteiger charge is 2.35. The summed E-state index contributed by atoms with van der Waals surface area (Å²) in [5, 5.41) is 7.70. The Hall–Kier alpha value is -1.20. The van der Waals surface area contributed by atoms with E-state index >= 15 is 0 Å². The van der Waals surface area contributed by atoms with Gasteiger partial charge >= 0.3 is 0 Å². The lowest BCUT2D eigenvalue weighted by atomic mass is 10.0. The number of nitrogens with zero attached hydrogens (tertiary/aromatic N) is 4. The standard InChI is InChI=1S/C19H30ClN5O4S/c20-18-17(21-12-15-4-3-11-29-14-15)13-22-25(19(18)26)16-5-9-24(10-6-16)30(27,28)23-7-1-2-8-23/h13,15-16,21H,1-12,14H2/t15-/m1/s1. The van der Waals surface area contributed by atoms with Crippen LogP contribution in [-0.2, 0) is 14.9 Å². The minimum atomic E-state index is -3.40. The minimum Gasteiger partial charge on any atom is -0.382 e. The van der Waals surface area contributed by atoms with Crippen molar-refractivity contribution in [1.82, 2.24) is 18.4 Å². The van der Waals surface area contributed by atoms with Gasteiger partial charge in [-0.05, 0) is 44.4 Å². The second kappa shape index (κ2) is 9.52. The van der Waals surface area contributed by atoms with E-state index in [2.05, 4.69) is 10.4 Å². The molecule has 0 saturated carbocycles. The summed E-state index contributed by atoms with van der Waals surface area (Å²) in [6, 6.07) is -0.152. The van der Waals surface area contributed by atoms with E-state index in [0.29, 0.717) is 63.8 Å². The Kier molecular flexibility index (Phi) is 6.98. The molecule has 0 amide bonds. The molecular weight excluding hydrogens is 430 g/mol. The predicted octanol–water partition coefficient (Wildman–Crippen LogP) is 1.71. The average molecular weight is 460 g/mol. The lowest BCUT2D eigenvalue weighted by molar-refractivity contribution is 0.0595. The van der Waals surface area contributed by atoms with Crippen molar-refractivity contribution < 1.29 is 13.2 Å². The summed E-state index contributed by atoms with van der Waals surface area (Å²) in [4.78, 5) is 12.8. The molecule has 11 heteroatoms. The molecule has 1 aromatic heterocycles. The third-order valence-electron chi connectivity index (χ3n) is 6.27. The Labute approximate surface area is 182 Å². The number of rotatable bonds is 6. The fraction of sp³-hybridized carbons (Fsp3) is 0.789. The van der Waals surface area contributed by atoms with Crippen LogP contribution in [0.4, 0.5) is 5.69 Å². The molecule has 3 fully saturated rings. The fourth-order valence-corrected chi connectivity index (χ4v) is 6.37. The van der Waals surface area contributed by atoms with Gasteiger partial charge in [0.05, 0.1) is 24.5 Å². The molecule has 3 aliphatic rings. The van der Waals surface area contributed by atoms with E-state index in [1.54, 1.807) is 10.5 Å². The second-order valence-corrected chi connectivity index (χ2v) is 10.6. The first-order chi connectivity index (χ1) is 14.5. The van der Waals surface area contributed by atoms with Gasteiger partial charge in [-0.3, -0.25) is 4.79 Å². The zero-order valence-electron chi connectivity index (χ0n) is 17.1. The monoisotopic (exact) mass is 459 g/mol. The molecule has 0 aromatic carbocycles. The average Bonchev–Trinajstić information content (AvgIpc) is 3.32. The molecule has 4 rings (SSSR count). The molecule has 0 bridgehead atoms. The SMILES string of the molecule is O=c1c(Cl)c(NC[C@H]2CCCOC2)cnn1C1CCN(S(=O)(=O)N2CCCC2)CC1. The first-order valence-corrected chi connectivity index (χ1v) is 12.6. The zero-order chi connectivity index (χ0) is 21.1. The number of aromatic nitrogens is 2. The Morgan fingerprint density at radius 3 is 2.47 bits per heavy atom. The van der Waals surface area contributed by atoms with E-state index in [1.165, 1.54) is 8.99 Å². The van der Waals surface area contributed by atoms with Crippen LogP contribution in [0.3, 0.4) is 0 Å². The van der Waals surface area contributed by atoms with Crippen LogP contribution in [-0.4, -0.2) is 72.7 Å². The van der Waals surface area contributed by atoms with Crippen LogP contribution in [0.1, 0.15) is 44.6 Å². The number of piperidine rings is 1. The fourth-order valence-electron chi connectivity index (χ4n) is 4.45. The zero-order valence-corrected chi connectivity index (χ0v) is 18.7. The van der Waals surface area contributed by atoms with Crippen LogP contribution < -0.4 is 10.9 Å². The van der Waals surface area contributed by atoms with Crippen LogP contribution in [0.5, 0.6) is 0 Å². The van der Waals surface area contributed by atoms with Gasteiger partial charge in [-0.1, -0.05) is 11.6 Å². The van der Waals surface area contributed by atoms with Crippen molar-refractivity contribution in [3.63, 3.8) is 0 Å². The topological polar surface area (TPSA) is 96.8 Å². The quantitative estimate of drug-likeness (QED) is 0.695. The van der Waals surface area contributed by atoms with Crippen molar-refractivity contribution >= 4 is 27.5 Å². The van der Waals surface area contributed by atoms with Gasteiger partial charge in [-0.2, -0.15) is 22.1 Å². The van der Waals surface area contributed by atoms with Gasteiger partial charge in [0.1, 0.15) is 5.02 Å². The van der Waals surface area contributed by atoms with Crippen molar-refractivity contribution in [2.45, 2.75) is 44.6 Å². The van der Waals surface area contributed by atoms with E-state index < -0.39 is 10.2 Å². The highest BCUT2D eigenvalue weighted by Crippen LogP contribution is 2.27. The van der Waals surface area contributed by atoms with Gasteiger partial charge in [0.2, 0.25) is 0 Å². The van der Waals surface area contributed by atoms with Gasteiger partial charge in [0.25, 0.3) is 15.8 Å². The van der Waals surface area contributed by atoms with Crippen molar-refractivity contribution in [2.24, 2.45) is 5.92 Å². The largest absolute Gasteiger partial charge is 0.382 e. The maximum absolute atomic E-state index is 12.8. The molecule has 3 saturated heterocycles. The lowest BCUT2D eigenvalue weighted by Crippen LogP contribution is -2.47. The van der Waals surface area contributed by atoms with Crippen molar-refractivity contribution in [3.8, 4) is 0 Å². The third kappa shape index (κ3) is 4.67. The first kappa shape index (κ1) is 22.0. The molecule has 1 atom stereocenters. The molecule has 30 heavy (non-hydrogen) atoms. The van der Waals surface area contributed by atoms with Gasteiger partial charge in [0.15, 0.2) is 0 Å². The molecule has 1 N–H and O–H groups in total. The number of hydrogen-bond acceptors (Lipinski definition) is 6. The van der Waals surface area contributed by atoms with Crippen molar-refractivity contribution in [1.29, 1.82) is 0 Å². The number of anilines is 1. The molecule has 4 heterocycles. The molecule has 168 valence electrons. The molecule has 0 spiro atoms. The normalized spacial score (nSPS) is 24.9. The summed E-state index contributed by atoms with van der Waals surface area (Å²) in [5.41, 5.74) is 0.208. The van der Waals surface area contributed by atoms with Crippen LogP contribution in [0.15, 0.2) is 11.0 Å². The number of nitrogens with one attached hydrogen (secondary N) is 1. The Bertz CT molecular complexity index is 889. The molecule has 1 aromatic rings. The Morgan fingerprint density at radius 2 is 1.80 bits per heavy atom. The summed E-state index contributed by atoms with van der Waals surface area (Å²) in [6.45, 7) is 4.19. The van der Waals surface area contributed by atoms with Gasteiger partial charge in [-0.15, -0.1) is 0 Å². The summed E-state index contributed by atoms with van der Waals surface area (Å²) in [7, 11) is -3.40. The smallest absolute Gasteiger partial charge is 0.287 e. The van der Waals surface area contributed by atoms with E-state index in [-0.39, 0.29) is 16.6 Å². The molecule has 0 unspecified atom stereocenters. The summed E-state index contributed by atoms with van der Waals surface area (Å²) in [6.07, 6.45) is 6.66. The number of ether oxygens (including phenoxy) is 1. The maximum atomic E-state index is 12.8. The van der Waals surface area contributed by atoms with Gasteiger partial charge in [0, 0.05) is 39.3 Å². The Balaban J connectivity index is 1.37. The third-order valence-corrected chi connectivity index (χ3v) is 8.67. The number of halogens is 1. The second-order valence-electron chi connectivity index (χ2n) is 8.33. The molecular formula is C19H30ClN5O4S. The van der Waals surface area contributed by atoms with Crippen LogP contribution in [0, 0.1) is 5.92 Å². The summed E-state index contributed by atoms with van der Waals surface area (Å²) < 4.78 is 35.4. The lowest BCUT2D eigenvalue weighted by Gasteiger charge is -2.33.